The summed E-state index contributed by atoms with van der Waals surface area (Å²) in [6.45, 7) is 6.47. The van der Waals surface area contributed by atoms with Crippen LogP contribution in [0.3, 0.4) is 0 Å². The molecule has 1 amide bonds. The second-order valence-corrected chi connectivity index (χ2v) is 6.23. The molecule has 0 radical (unpaired) electrons. The number of ether oxygens (including phenoxy) is 1. The normalized spacial score (nSPS) is 12.3. The highest BCUT2D eigenvalue weighted by Gasteiger charge is 2.23. The molecule has 7 heteroatoms. The van der Waals surface area contributed by atoms with Crippen LogP contribution in [0.5, 0.6) is 0 Å². The predicted octanol–water partition coefficient (Wildman–Crippen LogP) is 3.99. The Balaban J connectivity index is 0.00000392. The minimum absolute atomic E-state index is 0. The van der Waals surface area contributed by atoms with Crippen LogP contribution in [0, 0.1) is 5.92 Å². The summed E-state index contributed by atoms with van der Waals surface area (Å²) in [4.78, 5) is 24.8. The summed E-state index contributed by atoms with van der Waals surface area (Å²) in [5.41, 5.74) is 8.80. The molecule has 0 saturated heterocycles. The molecule has 0 fully saturated rings. The van der Waals surface area contributed by atoms with Crippen LogP contribution >= 0.6 is 12.4 Å². The van der Waals surface area contributed by atoms with Gasteiger partial charge >= 0.3 is 5.97 Å². The summed E-state index contributed by atoms with van der Waals surface area (Å²) in [7, 11) is 0. The Hall–Kier alpha value is -2.57. The number of rotatable bonds is 8. The standard InChI is InChI=1S/C21H27N3O3.ClH/c1-4-23-17-12-11-16(21(26)27-5-2)13-18(17)24-20(25)14(3)19(22)15-9-7-6-8-10-15;/h6-14,19,23H,4-5,22H2,1-3H3,(H,24,25);1H. The second kappa shape index (κ2) is 11.3. The van der Waals surface area contributed by atoms with Crippen LogP contribution in [0.15, 0.2) is 48.5 Å². The van der Waals surface area contributed by atoms with E-state index in [4.69, 9.17) is 10.5 Å². The number of amides is 1. The Labute approximate surface area is 172 Å². The maximum Gasteiger partial charge on any atom is 0.338 e. The molecule has 0 aromatic heterocycles. The maximum absolute atomic E-state index is 12.8. The first kappa shape index (κ1) is 23.5. The van der Waals surface area contributed by atoms with E-state index in [0.717, 1.165) is 11.3 Å². The zero-order valence-corrected chi connectivity index (χ0v) is 17.2. The largest absolute Gasteiger partial charge is 0.462 e. The third-order valence-corrected chi connectivity index (χ3v) is 4.29. The zero-order valence-electron chi connectivity index (χ0n) is 16.4. The van der Waals surface area contributed by atoms with Gasteiger partial charge in [0.25, 0.3) is 0 Å². The first-order valence-corrected chi connectivity index (χ1v) is 9.14. The summed E-state index contributed by atoms with van der Waals surface area (Å²) in [6.07, 6.45) is 0. The average molecular weight is 406 g/mol. The number of halogens is 1. The van der Waals surface area contributed by atoms with Crippen LogP contribution in [0.2, 0.25) is 0 Å². The van der Waals surface area contributed by atoms with E-state index >= 15 is 0 Å². The third kappa shape index (κ3) is 5.97. The van der Waals surface area contributed by atoms with E-state index < -0.39 is 17.9 Å². The van der Waals surface area contributed by atoms with Gasteiger partial charge in [-0.2, -0.15) is 0 Å². The highest BCUT2D eigenvalue weighted by Crippen LogP contribution is 2.26. The average Bonchev–Trinajstić information content (AvgIpc) is 2.69. The van der Waals surface area contributed by atoms with Gasteiger partial charge in [0, 0.05) is 12.6 Å². The minimum atomic E-state index is -0.451. The quantitative estimate of drug-likeness (QED) is 0.577. The summed E-state index contributed by atoms with van der Waals surface area (Å²) >= 11 is 0. The van der Waals surface area contributed by atoms with Gasteiger partial charge in [0.1, 0.15) is 0 Å². The molecule has 0 aliphatic heterocycles. The van der Waals surface area contributed by atoms with Crippen molar-refractivity contribution in [3.8, 4) is 0 Å². The summed E-state index contributed by atoms with van der Waals surface area (Å²) < 4.78 is 5.04. The van der Waals surface area contributed by atoms with Gasteiger partial charge in [0.05, 0.1) is 29.5 Å². The Bertz CT molecular complexity index is 784. The molecule has 0 aliphatic rings. The lowest BCUT2D eigenvalue weighted by molar-refractivity contribution is -0.120. The van der Waals surface area contributed by atoms with E-state index in [1.807, 2.05) is 37.3 Å². The van der Waals surface area contributed by atoms with Crippen molar-refractivity contribution in [2.45, 2.75) is 26.8 Å². The van der Waals surface area contributed by atoms with Crippen molar-refractivity contribution >= 4 is 35.7 Å². The monoisotopic (exact) mass is 405 g/mol. The molecule has 0 heterocycles. The fourth-order valence-electron chi connectivity index (χ4n) is 2.71. The molecule has 4 N–H and O–H groups in total. The van der Waals surface area contributed by atoms with E-state index in [1.54, 1.807) is 32.0 Å². The van der Waals surface area contributed by atoms with Crippen LogP contribution in [-0.4, -0.2) is 25.0 Å². The highest BCUT2D eigenvalue weighted by molar-refractivity contribution is 5.99. The van der Waals surface area contributed by atoms with Crippen LogP contribution < -0.4 is 16.4 Å². The number of carbonyl (C=O) groups is 2. The van der Waals surface area contributed by atoms with E-state index in [-0.39, 0.29) is 18.3 Å². The van der Waals surface area contributed by atoms with Gasteiger partial charge < -0.3 is 21.1 Å². The van der Waals surface area contributed by atoms with Crippen LogP contribution in [0.4, 0.5) is 11.4 Å². The molecule has 6 nitrogen and oxygen atoms in total. The molecule has 2 aromatic rings. The number of nitrogens with two attached hydrogens (primary N) is 1. The van der Waals surface area contributed by atoms with Crippen molar-refractivity contribution in [2.24, 2.45) is 11.7 Å². The molecule has 0 spiro atoms. The van der Waals surface area contributed by atoms with E-state index in [0.29, 0.717) is 24.4 Å². The fraction of sp³-hybridized carbons (Fsp3) is 0.333. The van der Waals surface area contributed by atoms with Crippen molar-refractivity contribution in [1.82, 2.24) is 0 Å². The van der Waals surface area contributed by atoms with Gasteiger partial charge in [-0.3, -0.25) is 4.79 Å². The lowest BCUT2D eigenvalue weighted by Gasteiger charge is -2.21. The SMILES string of the molecule is CCNc1ccc(C(=O)OCC)cc1NC(=O)C(C)C(N)c1ccccc1.Cl. The van der Waals surface area contributed by atoms with Gasteiger partial charge in [0.15, 0.2) is 0 Å². The highest BCUT2D eigenvalue weighted by atomic mass is 35.5. The summed E-state index contributed by atoms with van der Waals surface area (Å²) in [6, 6.07) is 14.1. The van der Waals surface area contributed by atoms with E-state index in [1.165, 1.54) is 0 Å². The molecule has 2 aromatic carbocycles. The smallest absolute Gasteiger partial charge is 0.338 e. The number of carbonyl (C=O) groups excluding carboxylic acids is 2. The molecule has 2 unspecified atom stereocenters. The van der Waals surface area contributed by atoms with Gasteiger partial charge in [0.2, 0.25) is 5.91 Å². The molecular weight excluding hydrogens is 378 g/mol. The van der Waals surface area contributed by atoms with Gasteiger partial charge in [-0.1, -0.05) is 37.3 Å². The van der Waals surface area contributed by atoms with Gasteiger partial charge in [-0.05, 0) is 37.6 Å². The van der Waals surface area contributed by atoms with Gasteiger partial charge in [-0.25, -0.2) is 4.79 Å². The third-order valence-electron chi connectivity index (χ3n) is 4.29. The van der Waals surface area contributed by atoms with Gasteiger partial charge in [-0.15, -0.1) is 12.4 Å². The molecular formula is C21H28ClN3O3. The Morgan fingerprint density at radius 1 is 1.07 bits per heavy atom. The number of anilines is 2. The zero-order chi connectivity index (χ0) is 19.8. The lowest BCUT2D eigenvalue weighted by atomic mass is 9.94. The molecule has 2 rings (SSSR count). The Morgan fingerprint density at radius 3 is 2.36 bits per heavy atom. The van der Waals surface area contributed by atoms with Crippen molar-refractivity contribution in [2.75, 3.05) is 23.8 Å². The van der Waals surface area contributed by atoms with Crippen LogP contribution in [0.25, 0.3) is 0 Å². The topological polar surface area (TPSA) is 93.5 Å². The first-order valence-electron chi connectivity index (χ1n) is 9.14. The molecule has 28 heavy (non-hydrogen) atoms. The Kier molecular flexibility index (Phi) is 9.48. The number of benzene rings is 2. The fourth-order valence-corrected chi connectivity index (χ4v) is 2.71. The van der Waals surface area contributed by atoms with Crippen molar-refractivity contribution in [3.63, 3.8) is 0 Å². The van der Waals surface area contributed by atoms with Crippen molar-refractivity contribution < 1.29 is 14.3 Å². The van der Waals surface area contributed by atoms with Crippen LogP contribution in [0.1, 0.15) is 42.7 Å². The molecule has 2 atom stereocenters. The number of esters is 1. The minimum Gasteiger partial charge on any atom is -0.462 e. The van der Waals surface area contributed by atoms with E-state index in [2.05, 4.69) is 10.6 Å². The predicted molar refractivity (Wildman–Crippen MR) is 115 cm³/mol. The van der Waals surface area contributed by atoms with Crippen molar-refractivity contribution in [3.05, 3.63) is 59.7 Å². The Morgan fingerprint density at radius 2 is 1.75 bits per heavy atom. The summed E-state index contributed by atoms with van der Waals surface area (Å²) in [5, 5.41) is 6.08. The first-order chi connectivity index (χ1) is 13.0. The summed E-state index contributed by atoms with van der Waals surface area (Å²) in [5.74, 6) is -1.09. The number of hydrogen-bond acceptors (Lipinski definition) is 5. The second-order valence-electron chi connectivity index (χ2n) is 6.23. The van der Waals surface area contributed by atoms with E-state index in [9.17, 15) is 9.59 Å². The molecule has 0 aliphatic carbocycles. The number of hydrogen-bond donors (Lipinski definition) is 3. The number of nitrogens with one attached hydrogen (secondary N) is 2. The molecule has 0 saturated carbocycles. The molecule has 152 valence electrons. The maximum atomic E-state index is 12.8. The van der Waals surface area contributed by atoms with Crippen LogP contribution in [-0.2, 0) is 9.53 Å². The lowest BCUT2D eigenvalue weighted by Crippen LogP contribution is -2.30. The van der Waals surface area contributed by atoms with Crippen molar-refractivity contribution in [1.29, 1.82) is 0 Å². The molecule has 0 bridgehead atoms.